The number of rotatable bonds is 4. The smallest absolute Gasteiger partial charge is 0.315 e. The fourth-order valence-electron chi connectivity index (χ4n) is 3.68. The lowest BCUT2D eigenvalue weighted by molar-refractivity contribution is -0.00747. The number of pyridine rings is 1. The van der Waals surface area contributed by atoms with Crippen molar-refractivity contribution >= 4 is 17.6 Å². The van der Waals surface area contributed by atoms with E-state index in [0.717, 1.165) is 41.7 Å². The van der Waals surface area contributed by atoms with Crippen LogP contribution < -0.4 is 15.4 Å². The van der Waals surface area contributed by atoms with Gasteiger partial charge in [-0.3, -0.25) is 4.98 Å². The minimum Gasteiger partial charge on any atom is -0.493 e. The van der Waals surface area contributed by atoms with Crippen LogP contribution in [-0.4, -0.2) is 30.3 Å². The number of carbonyl (C=O) groups is 1. The molecule has 0 aliphatic carbocycles. The first-order chi connectivity index (χ1) is 13.2. The Labute approximate surface area is 163 Å². The Bertz CT molecular complexity index is 816. The van der Waals surface area contributed by atoms with Crippen molar-refractivity contribution in [3.63, 3.8) is 0 Å². The van der Waals surface area contributed by atoms with Crippen LogP contribution >= 0.6 is 11.6 Å². The highest BCUT2D eigenvalue weighted by Crippen LogP contribution is 2.33. The molecule has 142 valence electrons. The van der Waals surface area contributed by atoms with Gasteiger partial charge < -0.3 is 20.1 Å². The Kier molecular flexibility index (Phi) is 5.45. The van der Waals surface area contributed by atoms with Gasteiger partial charge in [-0.15, -0.1) is 0 Å². The second-order valence-electron chi connectivity index (χ2n) is 6.80. The van der Waals surface area contributed by atoms with Crippen LogP contribution in [-0.2, 0) is 17.7 Å². The summed E-state index contributed by atoms with van der Waals surface area (Å²) in [5.74, 6) is 0.843. The summed E-state index contributed by atoms with van der Waals surface area (Å²) < 4.78 is 11.6. The summed E-state index contributed by atoms with van der Waals surface area (Å²) in [7, 11) is 0. The zero-order valence-electron chi connectivity index (χ0n) is 14.9. The molecule has 4 rings (SSSR count). The predicted molar refractivity (Wildman–Crippen MR) is 102 cm³/mol. The molecule has 0 radical (unpaired) electrons. The van der Waals surface area contributed by atoms with Crippen LogP contribution in [0.2, 0.25) is 5.02 Å². The van der Waals surface area contributed by atoms with E-state index < -0.39 is 0 Å². The van der Waals surface area contributed by atoms with Gasteiger partial charge in [-0.25, -0.2) is 4.79 Å². The maximum Gasteiger partial charge on any atom is 0.315 e. The lowest BCUT2D eigenvalue weighted by atomic mass is 9.97. The summed E-state index contributed by atoms with van der Waals surface area (Å²) in [5.41, 5.74) is 3.02. The molecule has 2 aliphatic heterocycles. The van der Waals surface area contributed by atoms with Crippen molar-refractivity contribution in [2.75, 3.05) is 13.2 Å². The van der Waals surface area contributed by atoms with Crippen LogP contribution in [0.15, 0.2) is 36.7 Å². The second-order valence-corrected chi connectivity index (χ2v) is 7.24. The number of urea groups is 1. The van der Waals surface area contributed by atoms with Gasteiger partial charge in [0, 0.05) is 42.6 Å². The van der Waals surface area contributed by atoms with Gasteiger partial charge in [0.25, 0.3) is 0 Å². The van der Waals surface area contributed by atoms with Crippen molar-refractivity contribution in [2.45, 2.75) is 38.0 Å². The summed E-state index contributed by atoms with van der Waals surface area (Å²) in [5, 5.41) is 6.63. The summed E-state index contributed by atoms with van der Waals surface area (Å²) in [4.78, 5) is 16.5. The molecule has 27 heavy (non-hydrogen) atoms. The van der Waals surface area contributed by atoms with Gasteiger partial charge in [0.15, 0.2) is 0 Å². The molecule has 2 aromatic rings. The monoisotopic (exact) mass is 387 g/mol. The number of nitrogens with one attached hydrogen (secondary N) is 2. The molecule has 3 heterocycles. The quantitative estimate of drug-likeness (QED) is 0.843. The molecular weight excluding hydrogens is 366 g/mol. The number of hydrogen-bond acceptors (Lipinski definition) is 4. The molecule has 1 fully saturated rings. The van der Waals surface area contributed by atoms with Crippen molar-refractivity contribution in [2.24, 2.45) is 0 Å². The molecule has 1 aromatic heterocycles. The minimum atomic E-state index is -0.226. The van der Waals surface area contributed by atoms with E-state index in [1.54, 1.807) is 12.4 Å². The SMILES string of the molecule is O=C(NCc1cc(Cl)cc2c1OCC2)N[C@H]1CCCO[C@@H]1c1ccncc1. The largest absolute Gasteiger partial charge is 0.493 e. The molecule has 2 atom stereocenters. The van der Waals surface area contributed by atoms with Crippen LogP contribution in [0.4, 0.5) is 4.79 Å². The Balaban J connectivity index is 1.39. The number of ether oxygens (including phenoxy) is 2. The molecule has 7 heteroatoms. The molecule has 1 saturated heterocycles. The van der Waals surface area contributed by atoms with Crippen LogP contribution in [0, 0.1) is 0 Å². The summed E-state index contributed by atoms with van der Waals surface area (Å²) in [6.45, 7) is 1.71. The zero-order valence-corrected chi connectivity index (χ0v) is 15.7. The average Bonchev–Trinajstić information content (AvgIpc) is 3.15. The standard InChI is InChI=1S/C20H22ClN3O3/c21-16-10-14-5-9-27-18(14)15(11-16)12-23-20(25)24-17-2-1-8-26-19(17)13-3-6-22-7-4-13/h3-4,6-7,10-11,17,19H,1-2,5,8-9,12H2,(H2,23,24,25)/t17-,19+/m0/s1. The number of amides is 2. The maximum absolute atomic E-state index is 12.5. The Hall–Kier alpha value is -2.31. The van der Waals surface area contributed by atoms with E-state index in [2.05, 4.69) is 15.6 Å². The number of hydrogen-bond donors (Lipinski definition) is 2. The van der Waals surface area contributed by atoms with Crippen LogP contribution in [0.5, 0.6) is 5.75 Å². The Morgan fingerprint density at radius 1 is 1.26 bits per heavy atom. The highest BCUT2D eigenvalue weighted by Gasteiger charge is 2.29. The second kappa shape index (κ2) is 8.15. The number of aromatic nitrogens is 1. The number of nitrogens with zero attached hydrogens (tertiary/aromatic N) is 1. The molecule has 2 N–H and O–H groups in total. The molecule has 0 saturated carbocycles. The molecule has 0 bridgehead atoms. The van der Waals surface area contributed by atoms with E-state index in [4.69, 9.17) is 21.1 Å². The van der Waals surface area contributed by atoms with Gasteiger partial charge >= 0.3 is 6.03 Å². The van der Waals surface area contributed by atoms with Crippen molar-refractivity contribution < 1.29 is 14.3 Å². The first-order valence-electron chi connectivity index (χ1n) is 9.20. The molecule has 0 spiro atoms. The number of benzene rings is 1. The molecule has 2 aliphatic rings. The summed E-state index contributed by atoms with van der Waals surface area (Å²) in [6, 6.07) is 7.31. The highest BCUT2D eigenvalue weighted by molar-refractivity contribution is 6.30. The molecule has 6 nitrogen and oxygen atoms in total. The van der Waals surface area contributed by atoms with Crippen molar-refractivity contribution in [3.8, 4) is 5.75 Å². The fourth-order valence-corrected chi connectivity index (χ4v) is 3.95. The fraction of sp³-hybridized carbons (Fsp3) is 0.400. The molecule has 1 aromatic carbocycles. The topological polar surface area (TPSA) is 72.5 Å². The van der Waals surface area contributed by atoms with E-state index in [0.29, 0.717) is 24.8 Å². The molecule has 0 unspecified atom stereocenters. The third-order valence-corrected chi connectivity index (χ3v) is 5.16. The maximum atomic E-state index is 12.5. The summed E-state index contributed by atoms with van der Waals surface area (Å²) in [6.07, 6.45) is 5.96. The van der Waals surface area contributed by atoms with Crippen molar-refractivity contribution in [1.29, 1.82) is 0 Å². The van der Waals surface area contributed by atoms with E-state index in [1.165, 1.54) is 0 Å². The molecular formula is C20H22ClN3O3. The Morgan fingerprint density at radius 3 is 2.96 bits per heavy atom. The highest BCUT2D eigenvalue weighted by atomic mass is 35.5. The van der Waals surface area contributed by atoms with Gasteiger partial charge in [0.1, 0.15) is 11.9 Å². The van der Waals surface area contributed by atoms with E-state index in [-0.39, 0.29) is 18.2 Å². The van der Waals surface area contributed by atoms with Crippen LogP contribution in [0.25, 0.3) is 0 Å². The lowest BCUT2D eigenvalue weighted by Gasteiger charge is -2.32. The average molecular weight is 388 g/mol. The first kappa shape index (κ1) is 18.1. The third kappa shape index (κ3) is 4.17. The van der Waals surface area contributed by atoms with E-state index >= 15 is 0 Å². The Morgan fingerprint density at radius 2 is 2.11 bits per heavy atom. The minimum absolute atomic E-state index is 0.0810. The van der Waals surface area contributed by atoms with Gasteiger partial charge in [0.05, 0.1) is 12.6 Å². The van der Waals surface area contributed by atoms with Gasteiger partial charge in [-0.2, -0.15) is 0 Å². The van der Waals surface area contributed by atoms with Crippen molar-refractivity contribution in [3.05, 3.63) is 58.4 Å². The number of halogens is 1. The zero-order chi connectivity index (χ0) is 18.6. The van der Waals surface area contributed by atoms with Crippen molar-refractivity contribution in [1.82, 2.24) is 15.6 Å². The predicted octanol–water partition coefficient (Wildman–Crippen LogP) is 3.39. The van der Waals surface area contributed by atoms with Crippen LogP contribution in [0.3, 0.4) is 0 Å². The van der Waals surface area contributed by atoms with Gasteiger partial charge in [-0.1, -0.05) is 11.6 Å². The third-order valence-electron chi connectivity index (χ3n) is 4.94. The van der Waals surface area contributed by atoms with Crippen LogP contribution in [0.1, 0.15) is 35.6 Å². The first-order valence-corrected chi connectivity index (χ1v) is 9.58. The summed E-state index contributed by atoms with van der Waals surface area (Å²) >= 11 is 6.18. The number of carbonyl (C=O) groups excluding carboxylic acids is 1. The number of fused-ring (bicyclic) bond motifs is 1. The lowest BCUT2D eigenvalue weighted by Crippen LogP contribution is -2.46. The normalized spacial score (nSPS) is 21.2. The van der Waals surface area contributed by atoms with Gasteiger partial charge in [0.2, 0.25) is 0 Å². The van der Waals surface area contributed by atoms with E-state index in [9.17, 15) is 4.79 Å². The molecule has 2 amide bonds. The van der Waals surface area contributed by atoms with Gasteiger partial charge in [-0.05, 0) is 48.2 Å². The van der Waals surface area contributed by atoms with E-state index in [1.807, 2.05) is 24.3 Å².